The van der Waals surface area contributed by atoms with Gasteiger partial charge in [0.05, 0.1) is 5.39 Å². The van der Waals surface area contributed by atoms with Gasteiger partial charge in [-0.05, 0) is 52.5 Å². The number of thiophene rings is 1. The molecule has 0 radical (unpaired) electrons. The Kier molecular flexibility index (Phi) is 3.99. The first-order valence-electron chi connectivity index (χ1n) is 6.03. The lowest BCUT2D eigenvalue weighted by Gasteiger charge is -2.31. The van der Waals surface area contributed by atoms with Crippen LogP contribution >= 0.6 is 22.9 Å². The minimum absolute atomic E-state index is 0.0746. The fourth-order valence-electron chi connectivity index (χ4n) is 1.48. The zero-order valence-corrected chi connectivity index (χ0v) is 13.4. The second-order valence-electron chi connectivity index (χ2n) is 5.37. The third kappa shape index (κ3) is 3.16. The van der Waals surface area contributed by atoms with Crippen molar-refractivity contribution in [1.29, 1.82) is 0 Å². The van der Waals surface area contributed by atoms with E-state index in [1.54, 1.807) is 11.3 Å². The van der Waals surface area contributed by atoms with Crippen molar-refractivity contribution >= 4 is 33.2 Å². The smallest absolute Gasteiger partial charge is 0.227 e. The maximum absolute atomic E-state index is 5.94. The fraction of sp³-hybridized carbons (Fsp3) is 0.538. The number of fused-ring (bicyclic) bond motifs is 1. The molecule has 2 heterocycles. The van der Waals surface area contributed by atoms with E-state index in [9.17, 15) is 0 Å². The number of ether oxygens (including phenoxy) is 1. The zero-order chi connectivity index (χ0) is 14.2. The summed E-state index contributed by atoms with van der Waals surface area (Å²) in [7, 11) is 4.06. The van der Waals surface area contributed by atoms with Gasteiger partial charge in [-0.15, -0.1) is 11.3 Å². The van der Waals surface area contributed by atoms with Crippen molar-refractivity contribution in [2.24, 2.45) is 0 Å². The second-order valence-corrected chi connectivity index (χ2v) is 6.94. The molecule has 0 aliphatic rings. The highest BCUT2D eigenvalue weighted by Crippen LogP contribution is 2.31. The van der Waals surface area contributed by atoms with Crippen LogP contribution in [0.5, 0.6) is 5.88 Å². The van der Waals surface area contributed by atoms with Gasteiger partial charge >= 0.3 is 0 Å². The van der Waals surface area contributed by atoms with Crippen molar-refractivity contribution in [2.75, 3.05) is 20.7 Å². The van der Waals surface area contributed by atoms with Crippen LogP contribution in [0.2, 0.25) is 5.28 Å². The molecule has 0 aliphatic carbocycles. The first-order valence-corrected chi connectivity index (χ1v) is 7.23. The van der Waals surface area contributed by atoms with Gasteiger partial charge in [0, 0.05) is 10.4 Å². The molecule has 0 aliphatic heterocycles. The molecule has 2 aromatic heterocycles. The molecule has 0 saturated carbocycles. The van der Waals surface area contributed by atoms with E-state index in [2.05, 4.69) is 28.7 Å². The van der Waals surface area contributed by atoms with Crippen LogP contribution < -0.4 is 4.74 Å². The number of likely N-dealkylation sites (N-methyl/N-ethyl adjacent to an activating group) is 1. The Hall–Kier alpha value is -0.910. The summed E-state index contributed by atoms with van der Waals surface area (Å²) in [5, 5.41) is 1.16. The highest BCUT2D eigenvalue weighted by Gasteiger charge is 2.22. The van der Waals surface area contributed by atoms with Crippen molar-refractivity contribution in [3.05, 3.63) is 16.2 Å². The van der Waals surface area contributed by atoms with Crippen molar-refractivity contribution < 1.29 is 4.74 Å². The highest BCUT2D eigenvalue weighted by molar-refractivity contribution is 7.18. The van der Waals surface area contributed by atoms with Crippen LogP contribution in [-0.4, -0.2) is 41.1 Å². The lowest BCUT2D eigenvalue weighted by Crippen LogP contribution is -2.43. The summed E-state index contributed by atoms with van der Waals surface area (Å²) in [5.41, 5.74) is -0.0746. The monoisotopic (exact) mass is 299 g/mol. The number of aryl methyl sites for hydroxylation is 1. The van der Waals surface area contributed by atoms with Gasteiger partial charge < -0.3 is 9.64 Å². The summed E-state index contributed by atoms with van der Waals surface area (Å²) < 4.78 is 5.87. The van der Waals surface area contributed by atoms with Gasteiger partial charge in [-0.2, -0.15) is 4.98 Å². The van der Waals surface area contributed by atoms with E-state index in [0.717, 1.165) is 10.2 Å². The minimum Gasteiger partial charge on any atom is -0.475 e. The maximum atomic E-state index is 5.94. The molecular weight excluding hydrogens is 282 g/mol. The van der Waals surface area contributed by atoms with Crippen LogP contribution in [0.15, 0.2) is 6.07 Å². The predicted molar refractivity (Wildman–Crippen MR) is 80.4 cm³/mol. The van der Waals surface area contributed by atoms with Crippen LogP contribution in [0.25, 0.3) is 10.2 Å². The number of aromatic nitrogens is 2. The number of hydrogen-bond donors (Lipinski definition) is 0. The Morgan fingerprint density at radius 1 is 1.37 bits per heavy atom. The Morgan fingerprint density at radius 3 is 2.68 bits per heavy atom. The first kappa shape index (κ1) is 14.5. The molecule has 0 unspecified atom stereocenters. The molecule has 4 nitrogen and oxygen atoms in total. The van der Waals surface area contributed by atoms with Gasteiger partial charge in [0.15, 0.2) is 0 Å². The second kappa shape index (κ2) is 5.23. The Bertz CT molecular complexity index is 595. The molecular formula is C13H18ClN3OS. The Morgan fingerprint density at radius 2 is 2.05 bits per heavy atom. The molecule has 0 spiro atoms. The summed E-state index contributed by atoms with van der Waals surface area (Å²) in [6, 6.07) is 2.04. The summed E-state index contributed by atoms with van der Waals surface area (Å²) in [4.78, 5) is 12.6. The predicted octanol–water partition coefficient (Wildman–Crippen LogP) is 3.37. The molecule has 0 bridgehead atoms. The van der Waals surface area contributed by atoms with Gasteiger partial charge in [0.25, 0.3) is 0 Å². The summed E-state index contributed by atoms with van der Waals surface area (Å²) in [6.45, 7) is 6.81. The minimum atomic E-state index is -0.0746. The first-order chi connectivity index (χ1) is 8.79. The quantitative estimate of drug-likeness (QED) is 0.811. The summed E-state index contributed by atoms with van der Waals surface area (Å²) in [5.74, 6) is 0.564. The number of halogens is 1. The largest absolute Gasteiger partial charge is 0.475 e. The van der Waals surface area contributed by atoms with Crippen LogP contribution in [0.4, 0.5) is 0 Å². The lowest BCUT2D eigenvalue weighted by atomic mass is 10.1. The molecule has 2 rings (SSSR count). The van der Waals surface area contributed by atoms with Crippen LogP contribution in [0, 0.1) is 6.92 Å². The van der Waals surface area contributed by atoms with Crippen molar-refractivity contribution in [3.63, 3.8) is 0 Å². The molecule has 0 saturated heterocycles. The van der Waals surface area contributed by atoms with Gasteiger partial charge in [-0.3, -0.25) is 0 Å². The van der Waals surface area contributed by atoms with Gasteiger partial charge in [0.2, 0.25) is 11.2 Å². The van der Waals surface area contributed by atoms with E-state index >= 15 is 0 Å². The maximum Gasteiger partial charge on any atom is 0.227 e. The topological polar surface area (TPSA) is 38.2 Å². The molecule has 0 N–H and O–H groups in total. The normalized spacial score (nSPS) is 12.4. The SMILES string of the molecule is Cc1cc2c(OCC(C)(C)N(C)C)nc(Cl)nc2s1. The fourth-order valence-corrected chi connectivity index (χ4v) is 2.56. The average molecular weight is 300 g/mol. The molecule has 0 amide bonds. The highest BCUT2D eigenvalue weighted by atomic mass is 35.5. The van der Waals surface area contributed by atoms with E-state index in [-0.39, 0.29) is 10.8 Å². The zero-order valence-electron chi connectivity index (χ0n) is 11.8. The van der Waals surface area contributed by atoms with Crippen LogP contribution in [0.1, 0.15) is 18.7 Å². The molecule has 104 valence electrons. The van der Waals surface area contributed by atoms with Gasteiger partial charge in [-0.1, -0.05) is 0 Å². The molecule has 6 heteroatoms. The number of nitrogens with zero attached hydrogens (tertiary/aromatic N) is 3. The number of rotatable bonds is 4. The summed E-state index contributed by atoms with van der Waals surface area (Å²) in [6.07, 6.45) is 0. The third-order valence-electron chi connectivity index (χ3n) is 3.23. The Labute approximate surface area is 122 Å². The van der Waals surface area contributed by atoms with E-state index in [1.807, 2.05) is 27.1 Å². The van der Waals surface area contributed by atoms with Crippen LogP contribution in [-0.2, 0) is 0 Å². The molecule has 0 fully saturated rings. The third-order valence-corrected chi connectivity index (χ3v) is 4.34. The molecule has 0 aromatic carbocycles. The number of hydrogen-bond acceptors (Lipinski definition) is 5. The van der Waals surface area contributed by atoms with Crippen LogP contribution in [0.3, 0.4) is 0 Å². The van der Waals surface area contributed by atoms with Gasteiger partial charge in [0.1, 0.15) is 11.4 Å². The molecule has 2 aromatic rings. The van der Waals surface area contributed by atoms with E-state index in [1.165, 1.54) is 4.88 Å². The van der Waals surface area contributed by atoms with Crippen molar-refractivity contribution in [1.82, 2.24) is 14.9 Å². The van der Waals surface area contributed by atoms with Crippen molar-refractivity contribution in [3.8, 4) is 5.88 Å². The van der Waals surface area contributed by atoms with E-state index < -0.39 is 0 Å². The van der Waals surface area contributed by atoms with Gasteiger partial charge in [-0.25, -0.2) is 4.98 Å². The van der Waals surface area contributed by atoms with Crippen molar-refractivity contribution in [2.45, 2.75) is 26.3 Å². The van der Waals surface area contributed by atoms with E-state index in [4.69, 9.17) is 16.3 Å². The average Bonchev–Trinajstić information content (AvgIpc) is 2.66. The summed E-state index contributed by atoms with van der Waals surface area (Å²) >= 11 is 7.53. The van der Waals surface area contributed by atoms with E-state index in [0.29, 0.717) is 12.5 Å². The lowest BCUT2D eigenvalue weighted by molar-refractivity contribution is 0.112. The molecule has 0 atom stereocenters. The standard InChI is InChI=1S/C13H18ClN3OS/c1-8-6-9-10(15-12(14)16-11(9)19-8)18-7-13(2,3)17(4)5/h6H,7H2,1-5H3. The molecule has 19 heavy (non-hydrogen) atoms. The Balaban J connectivity index is 2.30.